The highest BCUT2D eigenvalue weighted by Crippen LogP contribution is 1.96. The van der Waals surface area contributed by atoms with Gasteiger partial charge >= 0.3 is 0 Å². The molecule has 0 aromatic rings. The van der Waals surface area contributed by atoms with E-state index in [9.17, 15) is 4.79 Å². The summed E-state index contributed by atoms with van der Waals surface area (Å²) in [6.45, 7) is 8.68. The predicted molar refractivity (Wildman–Crippen MR) is 47.0 cm³/mol. The summed E-state index contributed by atoms with van der Waals surface area (Å²) in [6, 6.07) is 1.94. The summed E-state index contributed by atoms with van der Waals surface area (Å²) >= 11 is 0. The Labute approximate surface area is 69.9 Å². The molecule has 0 saturated carbocycles. The fourth-order valence-electron chi connectivity index (χ4n) is 0.468. The lowest BCUT2D eigenvalue weighted by atomic mass is 10.1. The summed E-state index contributed by atoms with van der Waals surface area (Å²) in [5.41, 5.74) is -0.730. The lowest BCUT2D eigenvalue weighted by Gasteiger charge is -2.14. The smallest absolute Gasteiger partial charge is 0.218 e. The molecule has 0 atom stereocenters. The Balaban J connectivity index is -0.000000249. The van der Waals surface area contributed by atoms with E-state index in [-0.39, 0.29) is 7.33 Å². The Bertz CT molecular complexity index is 161. The Morgan fingerprint density at radius 2 is 1.91 bits per heavy atom. The summed E-state index contributed by atoms with van der Waals surface area (Å²) < 4.78 is 0. The van der Waals surface area contributed by atoms with Crippen molar-refractivity contribution < 1.29 is 6.22 Å². The van der Waals surface area contributed by atoms with Crippen LogP contribution in [0.3, 0.4) is 0 Å². The quantitative estimate of drug-likeness (QED) is 0.631. The number of nitrogens with one attached hydrogen (secondary N) is 1. The number of hydrogen-bond acceptors (Lipinski definition) is 2. The second-order valence-corrected chi connectivity index (χ2v) is 2.42. The molecule has 0 heterocycles. The van der Waals surface area contributed by atoms with Gasteiger partial charge in [0.2, 0.25) is 5.91 Å². The van der Waals surface area contributed by atoms with Crippen molar-refractivity contribution in [2.24, 2.45) is 0 Å². The van der Waals surface area contributed by atoms with Gasteiger partial charge in [-0.25, -0.2) is 0 Å². The number of rotatable bonds is 1. The Morgan fingerprint density at radius 3 is 2.00 bits per heavy atom. The van der Waals surface area contributed by atoms with E-state index >= 15 is 0 Å². The van der Waals surface area contributed by atoms with Crippen LogP contribution in [0.5, 0.6) is 0 Å². The first-order valence-electron chi connectivity index (χ1n) is 3.68. The molecule has 0 rings (SSSR count). The van der Waals surface area contributed by atoms with Gasteiger partial charge in [0.05, 0.1) is 6.07 Å². The Hall–Kier alpha value is -1.04. The summed E-state index contributed by atoms with van der Waals surface area (Å²) in [5.74, 6) is -0.179. The van der Waals surface area contributed by atoms with Crippen LogP contribution in [0, 0.1) is 11.3 Å². The van der Waals surface area contributed by atoms with Gasteiger partial charge in [0, 0.05) is 8.35 Å². The SMILES string of the molecule is CC.CC(=O)NC(C)(C)C#N.[HH]. The predicted octanol–water partition coefficient (Wildman–Crippen LogP) is 1.70. The maximum atomic E-state index is 10.4. The number of amides is 1. The second kappa shape index (κ2) is 5.72. The first-order chi connectivity index (χ1) is 4.98. The van der Waals surface area contributed by atoms with Gasteiger partial charge in [0.1, 0.15) is 5.54 Å². The minimum Gasteiger partial charge on any atom is -0.339 e. The van der Waals surface area contributed by atoms with Crippen LogP contribution in [0.4, 0.5) is 0 Å². The molecule has 0 fully saturated rings. The second-order valence-electron chi connectivity index (χ2n) is 2.42. The van der Waals surface area contributed by atoms with E-state index in [1.54, 1.807) is 13.8 Å². The number of carbonyl (C=O) groups is 1. The fraction of sp³-hybridized carbons (Fsp3) is 0.750. The normalized spacial score (nSPS) is 8.73. The van der Waals surface area contributed by atoms with E-state index in [0.29, 0.717) is 0 Å². The molecule has 0 spiro atoms. The van der Waals surface area contributed by atoms with Crippen LogP contribution in [-0.2, 0) is 4.79 Å². The van der Waals surface area contributed by atoms with Crippen molar-refractivity contribution in [3.8, 4) is 6.07 Å². The number of hydrogen-bond donors (Lipinski definition) is 1. The van der Waals surface area contributed by atoms with Crippen molar-refractivity contribution in [2.75, 3.05) is 0 Å². The van der Waals surface area contributed by atoms with Gasteiger partial charge in [-0.15, -0.1) is 0 Å². The molecule has 0 aromatic carbocycles. The molecule has 0 radical (unpaired) electrons. The lowest BCUT2D eigenvalue weighted by Crippen LogP contribution is -2.40. The van der Waals surface area contributed by atoms with E-state index in [4.69, 9.17) is 5.26 Å². The monoisotopic (exact) mass is 158 g/mol. The lowest BCUT2D eigenvalue weighted by molar-refractivity contribution is -0.120. The zero-order valence-corrected chi connectivity index (χ0v) is 7.86. The molecule has 0 unspecified atom stereocenters. The topological polar surface area (TPSA) is 52.9 Å². The van der Waals surface area contributed by atoms with Crippen molar-refractivity contribution in [3.63, 3.8) is 0 Å². The maximum absolute atomic E-state index is 10.4. The zero-order valence-electron chi connectivity index (χ0n) is 7.86. The van der Waals surface area contributed by atoms with Gasteiger partial charge in [0.25, 0.3) is 0 Å². The van der Waals surface area contributed by atoms with Crippen molar-refractivity contribution in [1.82, 2.24) is 5.32 Å². The molecule has 0 aliphatic rings. The summed E-state index contributed by atoms with van der Waals surface area (Å²) in [5, 5.41) is 10.8. The highest BCUT2D eigenvalue weighted by atomic mass is 16.1. The molecule has 0 aliphatic heterocycles. The standard InChI is InChI=1S/C6H10N2O.C2H6.H2/c1-5(9)8-6(2,3)4-7;1-2;/h1-3H3,(H,8,9);1-2H3;1H. The molecule has 66 valence electrons. The van der Waals surface area contributed by atoms with Gasteiger partial charge < -0.3 is 5.32 Å². The zero-order chi connectivity index (χ0) is 9.49. The van der Waals surface area contributed by atoms with E-state index in [2.05, 4.69) is 5.32 Å². The first kappa shape index (κ1) is 12.6. The van der Waals surface area contributed by atoms with Crippen molar-refractivity contribution in [2.45, 2.75) is 40.2 Å². The third kappa shape index (κ3) is 8.96. The molecule has 0 aromatic heterocycles. The van der Waals surface area contributed by atoms with Crippen LogP contribution < -0.4 is 5.32 Å². The molecule has 1 amide bonds. The average Bonchev–Trinajstić information content (AvgIpc) is 1.90. The summed E-state index contributed by atoms with van der Waals surface area (Å²) in [7, 11) is 0. The number of nitrogens with zero attached hydrogens (tertiary/aromatic N) is 1. The largest absolute Gasteiger partial charge is 0.339 e. The molecule has 1 N–H and O–H groups in total. The Kier molecular flexibility index (Phi) is 6.57. The van der Waals surface area contributed by atoms with Crippen LogP contribution in [0.1, 0.15) is 36.0 Å². The highest BCUT2D eigenvalue weighted by Gasteiger charge is 2.15. The van der Waals surface area contributed by atoms with Crippen molar-refractivity contribution >= 4 is 5.91 Å². The van der Waals surface area contributed by atoms with Crippen LogP contribution in [0.15, 0.2) is 0 Å². The van der Waals surface area contributed by atoms with Gasteiger partial charge in [-0.2, -0.15) is 5.26 Å². The maximum Gasteiger partial charge on any atom is 0.218 e. The summed E-state index contributed by atoms with van der Waals surface area (Å²) in [6.07, 6.45) is 0. The molecule has 0 aliphatic carbocycles. The number of carbonyl (C=O) groups excluding carboxylic acids is 1. The van der Waals surface area contributed by atoms with Crippen LogP contribution in [-0.4, -0.2) is 11.4 Å². The minimum atomic E-state index is -0.730. The molecule has 3 heteroatoms. The Morgan fingerprint density at radius 1 is 1.55 bits per heavy atom. The number of nitriles is 1. The molecule has 0 bridgehead atoms. The summed E-state index contributed by atoms with van der Waals surface area (Å²) in [4.78, 5) is 10.4. The van der Waals surface area contributed by atoms with Crippen molar-refractivity contribution in [1.29, 1.82) is 5.26 Å². The van der Waals surface area contributed by atoms with E-state index < -0.39 is 5.54 Å². The average molecular weight is 158 g/mol. The van der Waals surface area contributed by atoms with Crippen LogP contribution >= 0.6 is 0 Å². The first-order valence-corrected chi connectivity index (χ1v) is 3.68. The molecule has 3 nitrogen and oxygen atoms in total. The van der Waals surface area contributed by atoms with E-state index in [1.807, 2.05) is 19.9 Å². The molecule has 0 saturated heterocycles. The third-order valence-corrected chi connectivity index (χ3v) is 0.768. The third-order valence-electron chi connectivity index (χ3n) is 0.768. The van der Waals surface area contributed by atoms with Gasteiger partial charge in [0.15, 0.2) is 0 Å². The van der Waals surface area contributed by atoms with Crippen LogP contribution in [0.25, 0.3) is 0 Å². The van der Waals surface area contributed by atoms with Gasteiger partial charge in [-0.05, 0) is 13.8 Å². The van der Waals surface area contributed by atoms with E-state index in [1.165, 1.54) is 6.92 Å². The molecular weight excluding hydrogens is 140 g/mol. The van der Waals surface area contributed by atoms with E-state index in [0.717, 1.165) is 0 Å². The minimum absolute atomic E-state index is 0. The highest BCUT2D eigenvalue weighted by molar-refractivity contribution is 5.74. The fourth-order valence-corrected chi connectivity index (χ4v) is 0.468. The van der Waals surface area contributed by atoms with Crippen molar-refractivity contribution in [3.05, 3.63) is 0 Å². The van der Waals surface area contributed by atoms with Gasteiger partial charge in [-0.3, -0.25) is 4.79 Å². The van der Waals surface area contributed by atoms with Gasteiger partial charge in [-0.1, -0.05) is 13.8 Å². The molecular formula is C8H18N2O. The van der Waals surface area contributed by atoms with Crippen LogP contribution in [0.2, 0.25) is 0 Å². The molecule has 11 heavy (non-hydrogen) atoms.